The molecule has 5 heteroatoms. The van der Waals surface area contributed by atoms with Gasteiger partial charge in [0, 0.05) is 31.8 Å². The number of hydrogen-bond acceptors (Lipinski definition) is 4. The summed E-state index contributed by atoms with van der Waals surface area (Å²) >= 11 is 0. The largest absolute Gasteiger partial charge is 0.373 e. The number of pyridine rings is 1. The van der Waals surface area contributed by atoms with Crippen molar-refractivity contribution >= 4 is 5.91 Å². The minimum absolute atomic E-state index is 0.179. The van der Waals surface area contributed by atoms with Gasteiger partial charge in [-0.2, -0.15) is 0 Å². The summed E-state index contributed by atoms with van der Waals surface area (Å²) in [5.41, 5.74) is 2.08. The molecule has 2 fully saturated rings. The van der Waals surface area contributed by atoms with Crippen molar-refractivity contribution in [2.45, 2.75) is 64.8 Å². The Hall–Kier alpha value is -1.46. The van der Waals surface area contributed by atoms with Crippen molar-refractivity contribution in [1.29, 1.82) is 0 Å². The molecule has 0 bridgehead atoms. The first-order valence-electron chi connectivity index (χ1n) is 9.40. The van der Waals surface area contributed by atoms with Gasteiger partial charge in [-0.3, -0.25) is 9.78 Å². The second kappa shape index (κ2) is 7.83. The highest BCUT2D eigenvalue weighted by Gasteiger charge is 2.49. The number of aromatic nitrogens is 1. The predicted molar refractivity (Wildman–Crippen MR) is 96.1 cm³/mol. The van der Waals surface area contributed by atoms with Crippen LogP contribution in [0, 0.1) is 12.8 Å². The van der Waals surface area contributed by atoms with Gasteiger partial charge in [0.05, 0.1) is 25.8 Å². The Bertz CT molecular complexity index is 596. The van der Waals surface area contributed by atoms with Crippen LogP contribution >= 0.6 is 0 Å². The van der Waals surface area contributed by atoms with E-state index >= 15 is 0 Å². The van der Waals surface area contributed by atoms with E-state index in [9.17, 15) is 4.79 Å². The van der Waals surface area contributed by atoms with Crippen molar-refractivity contribution in [3.63, 3.8) is 0 Å². The van der Waals surface area contributed by atoms with Gasteiger partial charge in [0.1, 0.15) is 5.60 Å². The summed E-state index contributed by atoms with van der Waals surface area (Å²) in [7, 11) is 0. The molecule has 3 heterocycles. The molecule has 0 aromatic carbocycles. The van der Waals surface area contributed by atoms with Gasteiger partial charge in [-0.25, -0.2) is 0 Å². The third-order valence-corrected chi connectivity index (χ3v) is 5.11. The molecule has 1 atom stereocenters. The lowest BCUT2D eigenvalue weighted by Gasteiger charge is -2.53. The lowest BCUT2D eigenvalue weighted by Crippen LogP contribution is -2.67. The SMILES string of the molecule is Cc1cncc(CO[C@@H]2CCOC3(C2)CN(C(=O)CCC(C)C)C3)c1. The molecule has 2 aliphatic heterocycles. The molecule has 0 saturated carbocycles. The van der Waals surface area contributed by atoms with Crippen LogP contribution in [0.2, 0.25) is 0 Å². The fourth-order valence-corrected chi connectivity index (χ4v) is 3.65. The first-order valence-corrected chi connectivity index (χ1v) is 9.40. The fourth-order valence-electron chi connectivity index (χ4n) is 3.65. The van der Waals surface area contributed by atoms with E-state index in [0.29, 0.717) is 25.6 Å². The van der Waals surface area contributed by atoms with Gasteiger partial charge in [-0.1, -0.05) is 19.9 Å². The predicted octanol–water partition coefficient (Wildman–Crippen LogP) is 3.10. The van der Waals surface area contributed by atoms with Gasteiger partial charge in [0.15, 0.2) is 0 Å². The number of carbonyl (C=O) groups excluding carboxylic acids is 1. The van der Waals surface area contributed by atoms with E-state index in [2.05, 4.69) is 24.9 Å². The number of ether oxygens (including phenoxy) is 2. The van der Waals surface area contributed by atoms with E-state index in [4.69, 9.17) is 9.47 Å². The molecule has 3 rings (SSSR count). The highest BCUT2D eigenvalue weighted by atomic mass is 16.5. The molecule has 0 aliphatic carbocycles. The Kier molecular flexibility index (Phi) is 5.74. The van der Waals surface area contributed by atoms with Gasteiger partial charge in [0.25, 0.3) is 0 Å². The first kappa shape index (κ1) is 18.3. The second-order valence-corrected chi connectivity index (χ2v) is 8.01. The van der Waals surface area contributed by atoms with Crippen LogP contribution in [-0.2, 0) is 20.9 Å². The van der Waals surface area contributed by atoms with Gasteiger partial charge in [0.2, 0.25) is 5.91 Å². The lowest BCUT2D eigenvalue weighted by atomic mass is 9.84. The Morgan fingerprint density at radius 1 is 1.44 bits per heavy atom. The quantitative estimate of drug-likeness (QED) is 0.794. The summed E-state index contributed by atoms with van der Waals surface area (Å²) < 4.78 is 12.1. The smallest absolute Gasteiger partial charge is 0.222 e. The van der Waals surface area contributed by atoms with Crippen LogP contribution < -0.4 is 0 Å². The van der Waals surface area contributed by atoms with E-state index in [1.807, 2.05) is 24.2 Å². The average Bonchev–Trinajstić information content (AvgIpc) is 2.56. The van der Waals surface area contributed by atoms with Gasteiger partial charge < -0.3 is 14.4 Å². The molecule has 5 nitrogen and oxygen atoms in total. The molecule has 0 N–H and O–H groups in total. The molecule has 0 unspecified atom stereocenters. The summed E-state index contributed by atoms with van der Waals surface area (Å²) in [6.07, 6.45) is 7.31. The lowest BCUT2D eigenvalue weighted by molar-refractivity contribution is -0.202. The summed E-state index contributed by atoms with van der Waals surface area (Å²) in [4.78, 5) is 18.4. The summed E-state index contributed by atoms with van der Waals surface area (Å²) in [6.45, 7) is 9.09. The van der Waals surface area contributed by atoms with Gasteiger partial charge >= 0.3 is 0 Å². The van der Waals surface area contributed by atoms with Crippen LogP contribution in [0.3, 0.4) is 0 Å². The Morgan fingerprint density at radius 3 is 2.96 bits per heavy atom. The maximum absolute atomic E-state index is 12.2. The monoisotopic (exact) mass is 346 g/mol. The summed E-state index contributed by atoms with van der Waals surface area (Å²) in [5, 5.41) is 0. The number of nitrogens with zero attached hydrogens (tertiary/aromatic N) is 2. The standard InChI is InChI=1S/C20H30N2O3/c1-15(2)4-5-19(23)22-13-20(14-22)9-18(6-7-25-20)24-12-17-8-16(3)10-21-11-17/h8,10-11,15,18H,4-7,9,12-14H2,1-3H3/t18-/m1/s1. The zero-order chi connectivity index (χ0) is 17.9. The van der Waals surface area contributed by atoms with E-state index in [0.717, 1.165) is 43.5 Å². The fraction of sp³-hybridized carbons (Fsp3) is 0.700. The molecule has 1 amide bonds. The second-order valence-electron chi connectivity index (χ2n) is 8.01. The number of aryl methyl sites for hydroxylation is 1. The number of amides is 1. The number of hydrogen-bond donors (Lipinski definition) is 0. The highest BCUT2D eigenvalue weighted by molar-refractivity contribution is 5.77. The van der Waals surface area contributed by atoms with Crippen molar-refractivity contribution in [1.82, 2.24) is 9.88 Å². The van der Waals surface area contributed by atoms with E-state index in [1.54, 1.807) is 0 Å². The third kappa shape index (κ3) is 4.79. The highest BCUT2D eigenvalue weighted by Crippen LogP contribution is 2.36. The minimum Gasteiger partial charge on any atom is -0.373 e. The first-order chi connectivity index (χ1) is 12.0. The molecule has 0 radical (unpaired) electrons. The van der Waals surface area contributed by atoms with Crippen LogP contribution in [0.1, 0.15) is 50.7 Å². The molecule has 2 aliphatic rings. The topological polar surface area (TPSA) is 51.7 Å². The Labute approximate surface area is 150 Å². The van der Waals surface area contributed by atoms with Crippen LogP contribution in [0.25, 0.3) is 0 Å². The van der Waals surface area contributed by atoms with E-state index in [1.165, 1.54) is 0 Å². The van der Waals surface area contributed by atoms with Crippen molar-refractivity contribution in [2.75, 3.05) is 19.7 Å². The van der Waals surface area contributed by atoms with Crippen LogP contribution in [-0.4, -0.2) is 47.2 Å². The molecule has 25 heavy (non-hydrogen) atoms. The molecule has 1 spiro atoms. The van der Waals surface area contributed by atoms with E-state index < -0.39 is 0 Å². The maximum atomic E-state index is 12.2. The molecular weight excluding hydrogens is 316 g/mol. The van der Waals surface area contributed by atoms with Crippen LogP contribution in [0.4, 0.5) is 0 Å². The zero-order valence-corrected chi connectivity index (χ0v) is 15.7. The molecule has 2 saturated heterocycles. The normalized spacial score (nSPS) is 22.2. The maximum Gasteiger partial charge on any atom is 0.222 e. The number of carbonyl (C=O) groups is 1. The average molecular weight is 346 g/mol. The number of rotatable bonds is 6. The molecule has 138 valence electrons. The third-order valence-electron chi connectivity index (χ3n) is 5.11. The van der Waals surface area contributed by atoms with E-state index in [-0.39, 0.29) is 17.6 Å². The summed E-state index contributed by atoms with van der Waals surface area (Å²) in [5.74, 6) is 0.829. The van der Waals surface area contributed by atoms with Crippen molar-refractivity contribution in [3.05, 3.63) is 29.6 Å². The zero-order valence-electron chi connectivity index (χ0n) is 15.7. The van der Waals surface area contributed by atoms with Gasteiger partial charge in [-0.05, 0) is 36.8 Å². The van der Waals surface area contributed by atoms with Crippen molar-refractivity contribution in [2.24, 2.45) is 5.92 Å². The Balaban J connectivity index is 1.45. The minimum atomic E-state index is -0.179. The molecular formula is C20H30N2O3. The van der Waals surface area contributed by atoms with Crippen molar-refractivity contribution in [3.8, 4) is 0 Å². The van der Waals surface area contributed by atoms with Gasteiger partial charge in [-0.15, -0.1) is 0 Å². The van der Waals surface area contributed by atoms with Crippen LogP contribution in [0.5, 0.6) is 0 Å². The molecule has 1 aromatic rings. The van der Waals surface area contributed by atoms with Crippen LogP contribution in [0.15, 0.2) is 18.5 Å². The van der Waals surface area contributed by atoms with Crippen molar-refractivity contribution < 1.29 is 14.3 Å². The summed E-state index contributed by atoms with van der Waals surface area (Å²) in [6, 6.07) is 2.11. The number of likely N-dealkylation sites (tertiary alicyclic amines) is 1. The Morgan fingerprint density at radius 2 is 2.24 bits per heavy atom. The molecule has 1 aromatic heterocycles.